The molecule has 4 aromatic rings. The van der Waals surface area contributed by atoms with E-state index in [1.807, 2.05) is 54.6 Å². The molecule has 0 unspecified atom stereocenters. The molecule has 0 atom stereocenters. The van der Waals surface area contributed by atoms with Crippen LogP contribution in [0.4, 0.5) is 0 Å². The van der Waals surface area contributed by atoms with Crippen LogP contribution in [-0.2, 0) is 4.79 Å². The number of carbonyl (C=O) groups is 1. The molecule has 0 bridgehead atoms. The van der Waals surface area contributed by atoms with Crippen LogP contribution in [0.3, 0.4) is 0 Å². The lowest BCUT2D eigenvalue weighted by atomic mass is 10.1. The van der Waals surface area contributed by atoms with Crippen molar-refractivity contribution in [1.82, 2.24) is 24.5 Å². The first-order chi connectivity index (χ1) is 14.5. The minimum absolute atomic E-state index is 0.138. The van der Waals surface area contributed by atoms with E-state index in [4.69, 9.17) is 6.42 Å². The molecule has 4 rings (SSSR count). The third-order valence-corrected chi connectivity index (χ3v) is 5.65. The summed E-state index contributed by atoms with van der Waals surface area (Å²) in [5.74, 6) is 2.72. The zero-order valence-corrected chi connectivity index (χ0v) is 17.4. The normalized spacial score (nSPS) is 11.0. The van der Waals surface area contributed by atoms with E-state index in [1.165, 1.54) is 11.8 Å². The van der Waals surface area contributed by atoms with E-state index < -0.39 is 0 Å². The van der Waals surface area contributed by atoms with E-state index in [2.05, 4.69) is 21.4 Å². The first kappa shape index (κ1) is 19.7. The van der Waals surface area contributed by atoms with E-state index in [0.29, 0.717) is 21.8 Å². The molecule has 1 N–H and O–H groups in total. The fourth-order valence-corrected chi connectivity index (χ4v) is 4.05. The molecule has 150 valence electrons. The molecule has 0 spiro atoms. The fourth-order valence-electron chi connectivity index (χ4n) is 3.28. The smallest absolute Gasteiger partial charge is 0.267 e. The maximum absolute atomic E-state index is 13.4. The molecule has 2 aromatic heterocycles. The standard InChI is InChI=1S/C22H19N5O2S/c1-4-11-23-19(28)13-30-22-25-24-21-26(18-12-14(2)9-10-15(18)3)20(29)16-7-5-6-8-17(16)27(21)22/h1,5-10,12H,11,13H2,2-3H3,(H,23,28). The Morgan fingerprint density at radius 1 is 1.20 bits per heavy atom. The van der Waals surface area contributed by atoms with E-state index in [0.717, 1.165) is 16.8 Å². The van der Waals surface area contributed by atoms with E-state index in [1.54, 1.807) is 10.6 Å². The summed E-state index contributed by atoms with van der Waals surface area (Å²) in [5, 5.41) is 12.3. The fraction of sp³-hybridized carbons (Fsp3) is 0.182. The van der Waals surface area contributed by atoms with Gasteiger partial charge in [0.1, 0.15) is 0 Å². The predicted octanol–water partition coefficient (Wildman–Crippen LogP) is 2.49. The zero-order chi connectivity index (χ0) is 21.3. The number of terminal acetylenes is 1. The van der Waals surface area contributed by atoms with Crippen LogP contribution in [0, 0.1) is 26.2 Å². The van der Waals surface area contributed by atoms with E-state index in [9.17, 15) is 9.59 Å². The monoisotopic (exact) mass is 417 g/mol. The number of rotatable bonds is 5. The lowest BCUT2D eigenvalue weighted by molar-refractivity contribution is -0.118. The first-order valence-corrected chi connectivity index (χ1v) is 10.3. The van der Waals surface area contributed by atoms with Gasteiger partial charge in [-0.15, -0.1) is 16.6 Å². The van der Waals surface area contributed by atoms with Crippen LogP contribution in [0.1, 0.15) is 11.1 Å². The molecule has 0 saturated heterocycles. The van der Waals surface area contributed by atoms with Crippen molar-refractivity contribution in [3.8, 4) is 18.0 Å². The molecule has 2 aromatic carbocycles. The van der Waals surface area contributed by atoms with Gasteiger partial charge in [0.2, 0.25) is 11.7 Å². The summed E-state index contributed by atoms with van der Waals surface area (Å²) in [5.41, 5.74) is 3.27. The second kappa shape index (κ2) is 8.05. The van der Waals surface area contributed by atoms with Crippen molar-refractivity contribution in [2.75, 3.05) is 12.3 Å². The second-order valence-electron chi connectivity index (χ2n) is 6.84. The third-order valence-electron chi connectivity index (χ3n) is 4.72. The molecule has 0 aliphatic heterocycles. The van der Waals surface area contributed by atoms with Gasteiger partial charge in [0, 0.05) is 0 Å². The summed E-state index contributed by atoms with van der Waals surface area (Å²) in [4.78, 5) is 25.4. The van der Waals surface area contributed by atoms with Crippen LogP contribution in [0.15, 0.2) is 52.4 Å². The van der Waals surface area contributed by atoms with Crippen molar-refractivity contribution in [2.24, 2.45) is 0 Å². The van der Waals surface area contributed by atoms with Crippen LogP contribution in [0.5, 0.6) is 0 Å². The quantitative estimate of drug-likeness (QED) is 0.399. The number of nitrogens with zero attached hydrogens (tertiary/aromatic N) is 4. The Balaban J connectivity index is 1.93. The summed E-state index contributed by atoms with van der Waals surface area (Å²) < 4.78 is 3.40. The summed E-state index contributed by atoms with van der Waals surface area (Å²) in [6.45, 7) is 4.11. The highest BCUT2D eigenvalue weighted by Gasteiger charge is 2.19. The Kier molecular flexibility index (Phi) is 5.29. The van der Waals surface area contributed by atoms with Crippen molar-refractivity contribution in [1.29, 1.82) is 0 Å². The van der Waals surface area contributed by atoms with Crippen molar-refractivity contribution in [2.45, 2.75) is 19.0 Å². The largest absolute Gasteiger partial charge is 0.344 e. The minimum Gasteiger partial charge on any atom is -0.344 e. The molecule has 2 heterocycles. The average molecular weight is 417 g/mol. The summed E-state index contributed by atoms with van der Waals surface area (Å²) in [7, 11) is 0. The van der Waals surface area contributed by atoms with Crippen LogP contribution >= 0.6 is 11.8 Å². The highest BCUT2D eigenvalue weighted by atomic mass is 32.2. The van der Waals surface area contributed by atoms with Gasteiger partial charge in [0.05, 0.1) is 28.9 Å². The predicted molar refractivity (Wildman–Crippen MR) is 118 cm³/mol. The number of para-hydroxylation sites is 1. The van der Waals surface area contributed by atoms with Crippen molar-refractivity contribution >= 4 is 34.3 Å². The number of fused-ring (bicyclic) bond motifs is 3. The molecule has 0 aliphatic carbocycles. The van der Waals surface area contributed by atoms with Crippen LogP contribution in [0.25, 0.3) is 22.4 Å². The number of aromatic nitrogens is 4. The summed E-state index contributed by atoms with van der Waals surface area (Å²) in [6.07, 6.45) is 5.18. The zero-order valence-electron chi connectivity index (χ0n) is 16.5. The average Bonchev–Trinajstić information content (AvgIpc) is 3.17. The van der Waals surface area contributed by atoms with Gasteiger partial charge in [-0.1, -0.05) is 41.9 Å². The summed E-state index contributed by atoms with van der Waals surface area (Å²) in [6, 6.07) is 13.3. The van der Waals surface area contributed by atoms with Crippen molar-refractivity contribution in [3.05, 3.63) is 63.9 Å². The van der Waals surface area contributed by atoms with Gasteiger partial charge in [-0.2, -0.15) is 0 Å². The maximum Gasteiger partial charge on any atom is 0.267 e. The highest BCUT2D eigenvalue weighted by Crippen LogP contribution is 2.24. The number of benzene rings is 2. The van der Waals surface area contributed by atoms with Gasteiger partial charge in [0.15, 0.2) is 5.16 Å². The molecule has 8 heteroatoms. The molecule has 30 heavy (non-hydrogen) atoms. The number of carbonyl (C=O) groups excluding carboxylic acids is 1. The number of aryl methyl sites for hydroxylation is 2. The topological polar surface area (TPSA) is 81.3 Å². The van der Waals surface area contributed by atoms with Crippen LogP contribution in [0.2, 0.25) is 0 Å². The Bertz CT molecular complexity index is 1380. The van der Waals surface area contributed by atoms with Crippen LogP contribution in [-0.4, -0.2) is 37.4 Å². The Morgan fingerprint density at radius 3 is 2.80 bits per heavy atom. The van der Waals surface area contributed by atoms with Gasteiger partial charge in [-0.3, -0.25) is 14.0 Å². The highest BCUT2D eigenvalue weighted by molar-refractivity contribution is 7.99. The third kappa shape index (κ3) is 3.44. The Hall–Kier alpha value is -3.57. The Morgan fingerprint density at radius 2 is 2.00 bits per heavy atom. The van der Waals surface area contributed by atoms with E-state index >= 15 is 0 Å². The SMILES string of the molecule is C#CCNC(=O)CSc1nnc2n(-c3cc(C)ccc3C)c(=O)c3ccccc3n12. The lowest BCUT2D eigenvalue weighted by Gasteiger charge is -2.14. The number of thioether (sulfide) groups is 1. The van der Waals surface area contributed by atoms with Crippen molar-refractivity contribution in [3.63, 3.8) is 0 Å². The number of nitrogens with one attached hydrogen (secondary N) is 1. The minimum atomic E-state index is -0.193. The number of hydrogen-bond acceptors (Lipinski definition) is 5. The first-order valence-electron chi connectivity index (χ1n) is 9.30. The van der Waals surface area contributed by atoms with Gasteiger partial charge >= 0.3 is 0 Å². The molecule has 7 nitrogen and oxygen atoms in total. The maximum atomic E-state index is 13.4. The molecular weight excluding hydrogens is 398 g/mol. The molecular formula is C22H19N5O2S. The molecule has 0 saturated carbocycles. The Labute approximate surface area is 177 Å². The lowest BCUT2D eigenvalue weighted by Crippen LogP contribution is -2.25. The van der Waals surface area contributed by atoms with Crippen molar-refractivity contribution < 1.29 is 4.79 Å². The molecule has 0 aliphatic rings. The van der Waals surface area contributed by atoms with Gasteiger partial charge in [0.25, 0.3) is 5.56 Å². The number of hydrogen-bond donors (Lipinski definition) is 1. The van der Waals surface area contributed by atoms with Gasteiger partial charge in [-0.05, 0) is 43.2 Å². The molecule has 0 radical (unpaired) electrons. The van der Waals surface area contributed by atoms with Gasteiger partial charge < -0.3 is 5.32 Å². The second-order valence-corrected chi connectivity index (χ2v) is 7.78. The number of amides is 1. The molecule has 0 fully saturated rings. The van der Waals surface area contributed by atoms with E-state index in [-0.39, 0.29) is 23.8 Å². The van der Waals surface area contributed by atoms with Gasteiger partial charge in [-0.25, -0.2) is 4.57 Å². The summed E-state index contributed by atoms with van der Waals surface area (Å²) >= 11 is 1.24. The molecule has 1 amide bonds. The van der Waals surface area contributed by atoms with Crippen LogP contribution < -0.4 is 10.9 Å².